The Bertz CT molecular complexity index is 103. The molecule has 0 unspecified atom stereocenters. The van der Waals surface area contributed by atoms with Crippen LogP contribution in [-0.4, -0.2) is 13.3 Å². The fourth-order valence-corrected chi connectivity index (χ4v) is 12.8. The third kappa shape index (κ3) is 2.50. The van der Waals surface area contributed by atoms with Gasteiger partial charge in [-0.2, -0.15) is 0 Å². The standard InChI is InChI=1S/C10H22Ge/c1-3-5-8-11(4-2)9-6-7-10-11/h3-10H2,1-2H3. The van der Waals surface area contributed by atoms with E-state index in [1.54, 1.807) is 33.9 Å². The Morgan fingerprint density at radius 2 is 1.73 bits per heavy atom. The van der Waals surface area contributed by atoms with Crippen LogP contribution in [0.4, 0.5) is 0 Å². The zero-order chi connectivity index (χ0) is 8.16. The van der Waals surface area contributed by atoms with E-state index in [1.807, 2.05) is 0 Å². The van der Waals surface area contributed by atoms with Gasteiger partial charge < -0.3 is 0 Å². The first-order valence-corrected chi connectivity index (χ1v) is 11.3. The van der Waals surface area contributed by atoms with Crippen LogP contribution in [0, 0.1) is 0 Å². The van der Waals surface area contributed by atoms with Crippen LogP contribution in [0.15, 0.2) is 0 Å². The molecule has 0 aromatic carbocycles. The molecule has 1 heterocycles. The summed E-state index contributed by atoms with van der Waals surface area (Å²) in [6.45, 7) is 4.79. The van der Waals surface area contributed by atoms with Crippen molar-refractivity contribution in [1.29, 1.82) is 0 Å². The van der Waals surface area contributed by atoms with E-state index in [2.05, 4.69) is 13.8 Å². The fourth-order valence-electron chi connectivity index (χ4n) is 2.46. The van der Waals surface area contributed by atoms with Gasteiger partial charge in [-0.3, -0.25) is 0 Å². The van der Waals surface area contributed by atoms with Crippen molar-refractivity contribution in [2.75, 3.05) is 0 Å². The molecule has 0 aliphatic carbocycles. The Morgan fingerprint density at radius 3 is 2.18 bits per heavy atom. The summed E-state index contributed by atoms with van der Waals surface area (Å²) in [5, 5.41) is 6.71. The van der Waals surface area contributed by atoms with Gasteiger partial charge in [-0.25, -0.2) is 0 Å². The number of hydrogen-bond donors (Lipinski definition) is 0. The van der Waals surface area contributed by atoms with E-state index in [-0.39, 0.29) is 0 Å². The average molecular weight is 215 g/mol. The van der Waals surface area contributed by atoms with E-state index >= 15 is 0 Å². The van der Waals surface area contributed by atoms with E-state index in [0.29, 0.717) is 0 Å². The number of hydrogen-bond acceptors (Lipinski definition) is 0. The molecule has 11 heavy (non-hydrogen) atoms. The summed E-state index contributed by atoms with van der Waals surface area (Å²) in [5.41, 5.74) is 0. The van der Waals surface area contributed by atoms with Crippen LogP contribution in [0.2, 0.25) is 21.0 Å². The molecule has 66 valence electrons. The van der Waals surface area contributed by atoms with Crippen molar-refractivity contribution >= 4 is 13.3 Å². The normalized spacial score (nSPS) is 22.4. The van der Waals surface area contributed by atoms with Gasteiger partial charge in [0.25, 0.3) is 0 Å². The van der Waals surface area contributed by atoms with Gasteiger partial charge in [-0.05, 0) is 0 Å². The number of rotatable bonds is 4. The van der Waals surface area contributed by atoms with Gasteiger partial charge in [0.1, 0.15) is 0 Å². The van der Waals surface area contributed by atoms with Gasteiger partial charge in [-0.15, -0.1) is 0 Å². The van der Waals surface area contributed by atoms with Crippen molar-refractivity contribution in [3.63, 3.8) is 0 Å². The topological polar surface area (TPSA) is 0 Å². The van der Waals surface area contributed by atoms with Crippen molar-refractivity contribution in [3.05, 3.63) is 0 Å². The van der Waals surface area contributed by atoms with Gasteiger partial charge in [-0.1, -0.05) is 0 Å². The molecule has 0 radical (unpaired) electrons. The summed E-state index contributed by atoms with van der Waals surface area (Å²) < 4.78 is 0. The molecule has 0 bridgehead atoms. The Kier molecular flexibility index (Phi) is 3.97. The van der Waals surface area contributed by atoms with Gasteiger partial charge in [0.2, 0.25) is 0 Å². The van der Waals surface area contributed by atoms with Crippen LogP contribution in [0.25, 0.3) is 0 Å². The molecule has 0 amide bonds. The number of unbranched alkanes of at least 4 members (excludes halogenated alkanes) is 1. The van der Waals surface area contributed by atoms with E-state index < -0.39 is 13.3 Å². The van der Waals surface area contributed by atoms with Crippen LogP contribution < -0.4 is 0 Å². The van der Waals surface area contributed by atoms with Crippen molar-refractivity contribution < 1.29 is 0 Å². The predicted octanol–water partition coefficient (Wildman–Crippen LogP) is 4.05. The molecule has 1 aliphatic rings. The van der Waals surface area contributed by atoms with Crippen LogP contribution in [0.5, 0.6) is 0 Å². The maximum absolute atomic E-state index is 2.46. The van der Waals surface area contributed by atoms with Gasteiger partial charge >= 0.3 is 73.8 Å². The molecule has 0 spiro atoms. The van der Waals surface area contributed by atoms with Crippen molar-refractivity contribution in [1.82, 2.24) is 0 Å². The molecular weight excluding hydrogens is 193 g/mol. The third-order valence-corrected chi connectivity index (χ3v) is 15.5. The average Bonchev–Trinajstić information content (AvgIpc) is 2.50. The Hall–Kier alpha value is 0.543. The van der Waals surface area contributed by atoms with Crippen molar-refractivity contribution in [2.24, 2.45) is 0 Å². The molecule has 1 rings (SSSR count). The molecule has 0 aromatic rings. The Labute approximate surface area is 74.1 Å². The molecule has 0 aromatic heterocycles. The Balaban J connectivity index is 2.33. The molecular formula is C10H22Ge. The summed E-state index contributed by atoms with van der Waals surface area (Å²) >= 11 is -1.12. The first kappa shape index (κ1) is 9.63. The molecule has 1 aliphatic heterocycles. The van der Waals surface area contributed by atoms with Crippen LogP contribution in [0.1, 0.15) is 39.5 Å². The maximum atomic E-state index is 2.46. The van der Waals surface area contributed by atoms with Crippen molar-refractivity contribution in [2.45, 2.75) is 60.5 Å². The quantitative estimate of drug-likeness (QED) is 0.620. The molecule has 0 nitrogen and oxygen atoms in total. The molecule has 0 N–H and O–H groups in total. The van der Waals surface area contributed by atoms with Gasteiger partial charge in [0.05, 0.1) is 0 Å². The Morgan fingerprint density at radius 1 is 1.09 bits per heavy atom. The monoisotopic (exact) mass is 216 g/mol. The van der Waals surface area contributed by atoms with Crippen LogP contribution in [-0.2, 0) is 0 Å². The van der Waals surface area contributed by atoms with Gasteiger partial charge in [0, 0.05) is 0 Å². The minimum atomic E-state index is -1.12. The molecule has 0 atom stereocenters. The van der Waals surface area contributed by atoms with E-state index in [9.17, 15) is 0 Å². The molecule has 1 heteroatoms. The zero-order valence-corrected chi connectivity index (χ0v) is 10.3. The summed E-state index contributed by atoms with van der Waals surface area (Å²) in [4.78, 5) is 0. The third-order valence-electron chi connectivity index (χ3n) is 3.47. The van der Waals surface area contributed by atoms with Crippen molar-refractivity contribution in [3.8, 4) is 0 Å². The first-order valence-electron chi connectivity index (χ1n) is 5.33. The van der Waals surface area contributed by atoms with E-state index in [0.717, 1.165) is 0 Å². The zero-order valence-electron chi connectivity index (χ0n) is 8.16. The molecule has 1 saturated heterocycles. The van der Waals surface area contributed by atoms with Crippen LogP contribution in [0.3, 0.4) is 0 Å². The summed E-state index contributed by atoms with van der Waals surface area (Å²) in [6.07, 6.45) is 6.12. The second-order valence-electron chi connectivity index (χ2n) is 4.16. The molecule has 0 saturated carbocycles. The minimum absolute atomic E-state index is 1.12. The SMILES string of the molecule is CCC[CH2][Ge]1([CH2]C)[CH2]CC[CH2]1. The summed E-state index contributed by atoms with van der Waals surface area (Å²) in [5.74, 6) is 0. The van der Waals surface area contributed by atoms with E-state index in [4.69, 9.17) is 0 Å². The molecule has 1 fully saturated rings. The fraction of sp³-hybridized carbons (Fsp3) is 1.00. The van der Waals surface area contributed by atoms with Crippen LogP contribution >= 0.6 is 0 Å². The summed E-state index contributed by atoms with van der Waals surface area (Å²) in [7, 11) is 0. The predicted molar refractivity (Wildman–Crippen MR) is 54.8 cm³/mol. The second-order valence-corrected chi connectivity index (χ2v) is 15.1. The second kappa shape index (κ2) is 4.54. The summed E-state index contributed by atoms with van der Waals surface area (Å²) in [6, 6.07) is 0. The van der Waals surface area contributed by atoms with E-state index in [1.165, 1.54) is 12.8 Å². The first-order chi connectivity index (χ1) is 5.33. The van der Waals surface area contributed by atoms with Gasteiger partial charge in [0.15, 0.2) is 0 Å².